The van der Waals surface area contributed by atoms with Crippen LogP contribution in [0.3, 0.4) is 0 Å². The highest BCUT2D eigenvalue weighted by Crippen LogP contribution is 2.15. The minimum atomic E-state index is -1.53. The molecule has 0 aromatic rings. The minimum absolute atomic E-state index is 0.171. The first-order valence-corrected chi connectivity index (χ1v) is 31.6. The first kappa shape index (κ1) is 75.9. The summed E-state index contributed by atoms with van der Waals surface area (Å²) in [6.45, 7) is 4.56. The van der Waals surface area contributed by atoms with E-state index in [1.165, 1.54) is 70.6 Å². The van der Waals surface area contributed by atoms with E-state index in [0.29, 0.717) is 23.9 Å². The molecule has 0 spiro atoms. The number of likely N-dealkylation sites (N-methyl/N-ethyl adjacent to an activating group) is 1. The summed E-state index contributed by atoms with van der Waals surface area (Å²) in [4.78, 5) is 37.4. The minimum Gasteiger partial charge on any atom is -0.477 e. The number of esters is 2. The van der Waals surface area contributed by atoms with Gasteiger partial charge in [0.15, 0.2) is 6.10 Å². The van der Waals surface area contributed by atoms with Gasteiger partial charge in [-0.25, -0.2) is 4.79 Å². The number of carboxylic acid groups (broad SMARTS) is 1. The Hall–Kier alpha value is -5.09. The van der Waals surface area contributed by atoms with Crippen LogP contribution in [0.4, 0.5) is 0 Å². The Bertz CT molecular complexity index is 1880. The SMILES string of the molecule is CC/C=C\C/C=C\C/C=C\C/C=C\C/C=C\C/C=C\C/C=C\C/C=C\CCCCCCCCCCCCCCCCC(=O)OC(COC(=O)CCC/C=C\C/C=C\C/C=C\C/C=C\C/C=C\CC)COC(OCC[N+](C)(C)C)C(=O)O. The van der Waals surface area contributed by atoms with Gasteiger partial charge >= 0.3 is 17.9 Å². The Morgan fingerprint density at radius 2 is 0.679 bits per heavy atom. The van der Waals surface area contributed by atoms with Crippen molar-refractivity contribution in [2.24, 2.45) is 0 Å². The third kappa shape index (κ3) is 62.4. The van der Waals surface area contributed by atoms with E-state index in [9.17, 15) is 19.5 Å². The first-order chi connectivity index (χ1) is 39.6. The highest BCUT2D eigenvalue weighted by atomic mass is 16.7. The zero-order valence-electron chi connectivity index (χ0n) is 51.9. The molecule has 0 heterocycles. The Morgan fingerprint density at radius 3 is 1.02 bits per heavy atom. The van der Waals surface area contributed by atoms with Crippen molar-refractivity contribution in [1.29, 1.82) is 0 Å². The predicted molar refractivity (Wildman–Crippen MR) is 345 cm³/mol. The second kappa shape index (κ2) is 61.0. The molecule has 0 rings (SSSR count). The fourth-order valence-electron chi connectivity index (χ4n) is 8.01. The predicted octanol–water partition coefficient (Wildman–Crippen LogP) is 19.3. The summed E-state index contributed by atoms with van der Waals surface area (Å²) in [5, 5.41) is 9.71. The molecule has 0 aromatic heterocycles. The summed E-state index contributed by atoms with van der Waals surface area (Å²) in [7, 11) is 5.94. The van der Waals surface area contributed by atoms with Gasteiger partial charge < -0.3 is 28.5 Å². The molecule has 0 aliphatic rings. The third-order valence-electron chi connectivity index (χ3n) is 12.8. The maximum Gasteiger partial charge on any atom is 0.361 e. The smallest absolute Gasteiger partial charge is 0.361 e. The molecule has 9 heteroatoms. The molecule has 0 aliphatic heterocycles. The number of hydrogen-bond donors (Lipinski definition) is 1. The average Bonchev–Trinajstić information content (AvgIpc) is 3.44. The molecule has 9 nitrogen and oxygen atoms in total. The molecule has 0 amide bonds. The lowest BCUT2D eigenvalue weighted by Crippen LogP contribution is -2.40. The van der Waals surface area contributed by atoms with Crippen LogP contribution < -0.4 is 0 Å². The van der Waals surface area contributed by atoms with Crippen LogP contribution in [-0.4, -0.2) is 87.4 Å². The van der Waals surface area contributed by atoms with Crippen molar-refractivity contribution in [2.45, 2.75) is 232 Å². The number of carbonyl (C=O) groups excluding carboxylic acids is 2. The molecule has 1 N–H and O–H groups in total. The summed E-state index contributed by atoms with van der Waals surface area (Å²) >= 11 is 0. The van der Waals surface area contributed by atoms with Crippen molar-refractivity contribution in [3.05, 3.63) is 158 Å². The van der Waals surface area contributed by atoms with E-state index in [2.05, 4.69) is 172 Å². The quantitative estimate of drug-likeness (QED) is 0.0211. The number of unbranched alkanes of at least 4 members (excludes halogenated alkanes) is 15. The molecule has 2 unspecified atom stereocenters. The van der Waals surface area contributed by atoms with E-state index in [1.807, 2.05) is 21.1 Å². The lowest BCUT2D eigenvalue weighted by molar-refractivity contribution is -0.870. The maximum absolute atomic E-state index is 12.9. The summed E-state index contributed by atoms with van der Waals surface area (Å²) < 4.78 is 22.8. The Balaban J connectivity index is 4.17. The number of carboxylic acids is 1. The van der Waals surface area contributed by atoms with Gasteiger partial charge in [-0.05, 0) is 116 Å². The lowest BCUT2D eigenvalue weighted by atomic mass is 10.0. The van der Waals surface area contributed by atoms with Gasteiger partial charge in [0, 0.05) is 12.8 Å². The van der Waals surface area contributed by atoms with Gasteiger partial charge in [-0.1, -0.05) is 249 Å². The average molecular weight is 1120 g/mol. The van der Waals surface area contributed by atoms with Crippen molar-refractivity contribution >= 4 is 17.9 Å². The van der Waals surface area contributed by atoms with E-state index in [0.717, 1.165) is 109 Å². The zero-order valence-corrected chi connectivity index (χ0v) is 51.9. The van der Waals surface area contributed by atoms with E-state index in [-0.39, 0.29) is 32.7 Å². The zero-order chi connectivity index (χ0) is 59.1. The topological polar surface area (TPSA) is 108 Å². The van der Waals surface area contributed by atoms with Gasteiger partial charge in [0.2, 0.25) is 0 Å². The second-order valence-corrected chi connectivity index (χ2v) is 21.6. The Morgan fingerprint density at radius 1 is 0.370 bits per heavy atom. The van der Waals surface area contributed by atoms with Gasteiger partial charge in [-0.2, -0.15) is 0 Å². The summed E-state index contributed by atoms with van der Waals surface area (Å²) in [6, 6.07) is 0. The van der Waals surface area contributed by atoms with Crippen molar-refractivity contribution in [3.63, 3.8) is 0 Å². The van der Waals surface area contributed by atoms with Gasteiger partial charge in [-0.3, -0.25) is 9.59 Å². The molecule has 0 aliphatic carbocycles. The van der Waals surface area contributed by atoms with Crippen LogP contribution in [0.1, 0.15) is 219 Å². The normalized spacial score (nSPS) is 13.8. The molecule has 0 saturated carbocycles. The Kier molecular flexibility index (Phi) is 57.2. The fourth-order valence-corrected chi connectivity index (χ4v) is 8.01. The van der Waals surface area contributed by atoms with Crippen molar-refractivity contribution < 1.29 is 42.9 Å². The largest absolute Gasteiger partial charge is 0.477 e. The van der Waals surface area contributed by atoms with Gasteiger partial charge in [-0.15, -0.1) is 0 Å². The highest BCUT2D eigenvalue weighted by Gasteiger charge is 2.25. The molecular formula is C72H116NO8+. The summed E-state index contributed by atoms with van der Waals surface area (Å²) in [6.07, 6.45) is 87.8. The van der Waals surface area contributed by atoms with E-state index < -0.39 is 30.3 Å². The molecule has 0 radical (unpaired) electrons. The molecule has 81 heavy (non-hydrogen) atoms. The Labute approximate surface area is 495 Å². The van der Waals surface area contributed by atoms with Crippen LogP contribution in [0, 0.1) is 0 Å². The van der Waals surface area contributed by atoms with Crippen LogP contribution in [-0.2, 0) is 33.3 Å². The molecule has 2 atom stereocenters. The standard InChI is InChI=1S/C72H115NO8/c1-6-8-10-12-14-16-18-20-22-24-25-26-27-28-29-30-31-32-33-34-35-36-37-38-39-40-41-42-43-44-45-47-49-51-53-55-57-59-61-63-70(75)81-68(67-80-72(71(76)77)78-65-64-73(3,4)5)66-79-69(74)62-60-58-56-54-52-50-48-46-23-21-19-17-15-13-11-9-7-2/h8-11,14-17,20-23,25-26,28-29,31-32,34-35,37-38,48,50,54,56,68,72H,6-7,12-13,18-19,24,27,30,33,36,39-47,49,51-53,55,57-67H2,1-5H3/p+1/b10-8-,11-9-,16-14-,17-15-,22-20-,23-21-,26-25-,29-28-,32-31-,35-34-,38-37-,50-48-,56-54-. The first-order valence-electron chi connectivity index (χ1n) is 31.6. The van der Waals surface area contributed by atoms with E-state index in [1.54, 1.807) is 0 Å². The number of aliphatic carboxylic acids is 1. The number of carbonyl (C=O) groups is 3. The molecular weight excluding hydrogens is 1010 g/mol. The van der Waals surface area contributed by atoms with E-state index in [4.69, 9.17) is 18.9 Å². The van der Waals surface area contributed by atoms with Gasteiger partial charge in [0.1, 0.15) is 13.2 Å². The molecule has 0 bridgehead atoms. The second-order valence-electron chi connectivity index (χ2n) is 21.6. The number of ether oxygens (including phenoxy) is 4. The fraction of sp³-hybridized carbons (Fsp3) is 0.597. The van der Waals surface area contributed by atoms with Crippen LogP contribution in [0.15, 0.2) is 158 Å². The summed E-state index contributed by atoms with van der Waals surface area (Å²) in [5.74, 6) is -2.10. The summed E-state index contributed by atoms with van der Waals surface area (Å²) in [5.41, 5.74) is 0. The number of nitrogens with zero attached hydrogens (tertiary/aromatic N) is 1. The van der Waals surface area contributed by atoms with Crippen LogP contribution in [0.2, 0.25) is 0 Å². The molecule has 0 fully saturated rings. The van der Waals surface area contributed by atoms with Crippen LogP contribution in [0.5, 0.6) is 0 Å². The van der Waals surface area contributed by atoms with E-state index >= 15 is 0 Å². The van der Waals surface area contributed by atoms with Gasteiger partial charge in [0.25, 0.3) is 6.29 Å². The van der Waals surface area contributed by atoms with Gasteiger partial charge in [0.05, 0.1) is 34.4 Å². The number of rotatable bonds is 56. The number of quaternary nitrogens is 1. The van der Waals surface area contributed by atoms with Crippen molar-refractivity contribution in [3.8, 4) is 0 Å². The monoisotopic (exact) mass is 1120 g/mol. The van der Waals surface area contributed by atoms with Crippen LogP contribution >= 0.6 is 0 Å². The van der Waals surface area contributed by atoms with Crippen LogP contribution in [0.25, 0.3) is 0 Å². The molecule has 0 aromatic carbocycles. The van der Waals surface area contributed by atoms with Crippen molar-refractivity contribution in [2.75, 3.05) is 47.5 Å². The third-order valence-corrected chi connectivity index (χ3v) is 12.8. The molecule has 0 saturated heterocycles. The lowest BCUT2D eigenvalue weighted by Gasteiger charge is -2.25. The molecule has 456 valence electrons. The number of hydrogen-bond acceptors (Lipinski definition) is 7. The van der Waals surface area contributed by atoms with Crippen molar-refractivity contribution in [1.82, 2.24) is 0 Å². The highest BCUT2D eigenvalue weighted by molar-refractivity contribution is 5.71. The number of allylic oxidation sites excluding steroid dienone is 26. The maximum atomic E-state index is 12.9.